The van der Waals surface area contributed by atoms with E-state index in [1.165, 1.54) is 0 Å². The highest BCUT2D eigenvalue weighted by molar-refractivity contribution is 14.1. The summed E-state index contributed by atoms with van der Waals surface area (Å²) in [5.74, 6) is 1.50. The second kappa shape index (κ2) is 8.05. The molecule has 1 amide bonds. The highest BCUT2D eigenvalue weighted by Gasteiger charge is 2.16. The molecule has 0 atom stereocenters. The van der Waals surface area contributed by atoms with Crippen LogP contribution in [0.5, 0.6) is 17.2 Å². The van der Waals surface area contributed by atoms with Gasteiger partial charge in [0.05, 0.1) is 21.3 Å². The Hall–Kier alpha value is -1.96. The van der Waals surface area contributed by atoms with Crippen LogP contribution < -0.4 is 19.5 Å². The van der Waals surface area contributed by atoms with Gasteiger partial charge in [-0.05, 0) is 52.9 Å². The Morgan fingerprint density at radius 3 is 2.39 bits per heavy atom. The van der Waals surface area contributed by atoms with Gasteiger partial charge >= 0.3 is 0 Å². The monoisotopic (exact) mass is 427 g/mol. The van der Waals surface area contributed by atoms with Gasteiger partial charge in [0.25, 0.3) is 5.91 Å². The van der Waals surface area contributed by atoms with E-state index in [1.807, 2.05) is 24.3 Å². The van der Waals surface area contributed by atoms with E-state index in [0.717, 1.165) is 9.13 Å². The Labute approximate surface area is 149 Å². The maximum atomic E-state index is 12.2. The van der Waals surface area contributed by atoms with Crippen molar-refractivity contribution >= 4 is 28.5 Å². The number of methoxy groups -OCH3 is 3. The highest BCUT2D eigenvalue weighted by atomic mass is 127. The summed E-state index contributed by atoms with van der Waals surface area (Å²) in [4.78, 5) is 12.2. The van der Waals surface area contributed by atoms with Crippen LogP contribution >= 0.6 is 22.6 Å². The summed E-state index contributed by atoms with van der Waals surface area (Å²) < 4.78 is 17.0. The van der Waals surface area contributed by atoms with Crippen LogP contribution in [-0.2, 0) is 6.54 Å². The molecule has 0 aliphatic heterocycles. The molecule has 0 bridgehead atoms. The third-order valence-corrected chi connectivity index (χ3v) is 3.98. The number of hydrogen-bond acceptors (Lipinski definition) is 4. The van der Waals surface area contributed by atoms with Gasteiger partial charge in [-0.2, -0.15) is 0 Å². The summed E-state index contributed by atoms with van der Waals surface area (Å²) >= 11 is 2.18. The molecule has 0 saturated carbocycles. The maximum Gasteiger partial charge on any atom is 0.251 e. The summed E-state index contributed by atoms with van der Waals surface area (Å²) in [7, 11) is 4.67. The second-order valence-corrected chi connectivity index (χ2v) is 5.93. The average molecular weight is 427 g/mol. The van der Waals surface area contributed by atoms with Crippen molar-refractivity contribution in [2.24, 2.45) is 0 Å². The molecule has 0 fully saturated rings. The predicted octanol–water partition coefficient (Wildman–Crippen LogP) is 3.25. The molecular weight excluding hydrogens is 409 g/mol. The third-order valence-electron chi connectivity index (χ3n) is 3.31. The lowest BCUT2D eigenvalue weighted by atomic mass is 10.1. The first kappa shape index (κ1) is 17.4. The minimum atomic E-state index is -0.139. The van der Waals surface area contributed by atoms with E-state index in [0.29, 0.717) is 29.4 Å². The summed E-state index contributed by atoms with van der Waals surface area (Å²) in [6.07, 6.45) is 0. The van der Waals surface area contributed by atoms with Crippen molar-refractivity contribution < 1.29 is 19.0 Å². The number of hydrogen-bond donors (Lipinski definition) is 1. The average Bonchev–Trinajstić information content (AvgIpc) is 2.58. The molecule has 0 aliphatic rings. The van der Waals surface area contributed by atoms with Crippen LogP contribution in [0.2, 0.25) is 0 Å². The fraction of sp³-hybridized carbons (Fsp3) is 0.235. The van der Waals surface area contributed by atoms with Crippen LogP contribution in [0.25, 0.3) is 0 Å². The number of rotatable bonds is 6. The van der Waals surface area contributed by atoms with Crippen molar-refractivity contribution in [3.63, 3.8) is 0 Å². The summed E-state index contributed by atoms with van der Waals surface area (Å²) in [5.41, 5.74) is 1.43. The minimum absolute atomic E-state index is 0.139. The lowest BCUT2D eigenvalue weighted by molar-refractivity contribution is 0.0950. The molecule has 2 rings (SSSR count). The zero-order valence-electron chi connectivity index (χ0n) is 13.2. The Morgan fingerprint density at radius 2 is 1.78 bits per heavy atom. The smallest absolute Gasteiger partial charge is 0.251 e. The number of halogens is 1. The predicted molar refractivity (Wildman–Crippen MR) is 96.4 cm³/mol. The third kappa shape index (κ3) is 4.07. The van der Waals surface area contributed by atoms with E-state index in [4.69, 9.17) is 14.2 Å². The molecule has 5 nitrogen and oxygen atoms in total. The molecule has 2 aromatic carbocycles. The van der Waals surface area contributed by atoms with Gasteiger partial charge < -0.3 is 19.5 Å². The van der Waals surface area contributed by atoms with Crippen LogP contribution in [-0.4, -0.2) is 27.2 Å². The highest BCUT2D eigenvalue weighted by Crippen LogP contribution is 2.39. The molecular formula is C17H18INO4. The molecule has 0 unspecified atom stereocenters. The van der Waals surface area contributed by atoms with Crippen LogP contribution in [0.4, 0.5) is 0 Å². The van der Waals surface area contributed by atoms with E-state index in [1.54, 1.807) is 33.5 Å². The standard InChI is InChI=1S/C17H18INO4/c1-21-14-8-7-12(15(22-2)16(14)23-3)10-19-17(20)11-5-4-6-13(18)9-11/h4-9H,10H2,1-3H3,(H,19,20). The van der Waals surface area contributed by atoms with Crippen LogP contribution in [0.1, 0.15) is 15.9 Å². The van der Waals surface area contributed by atoms with Crippen molar-refractivity contribution in [2.45, 2.75) is 6.54 Å². The van der Waals surface area contributed by atoms with Gasteiger partial charge in [0.1, 0.15) is 0 Å². The van der Waals surface area contributed by atoms with Gasteiger partial charge in [-0.3, -0.25) is 4.79 Å². The molecule has 23 heavy (non-hydrogen) atoms. The second-order valence-electron chi connectivity index (χ2n) is 4.69. The zero-order valence-corrected chi connectivity index (χ0v) is 15.3. The van der Waals surface area contributed by atoms with Crippen LogP contribution in [0, 0.1) is 3.57 Å². The topological polar surface area (TPSA) is 56.8 Å². The molecule has 6 heteroatoms. The SMILES string of the molecule is COc1ccc(CNC(=O)c2cccc(I)c2)c(OC)c1OC. The zero-order chi connectivity index (χ0) is 16.8. The van der Waals surface area contributed by atoms with Gasteiger partial charge in [0, 0.05) is 21.2 Å². The van der Waals surface area contributed by atoms with Crippen molar-refractivity contribution in [1.29, 1.82) is 0 Å². The number of carbonyl (C=O) groups excluding carboxylic acids is 1. The Kier molecular flexibility index (Phi) is 6.09. The van der Waals surface area contributed by atoms with Crippen molar-refractivity contribution in [1.82, 2.24) is 5.32 Å². The fourth-order valence-electron chi connectivity index (χ4n) is 2.21. The lowest BCUT2D eigenvalue weighted by Gasteiger charge is -2.16. The van der Waals surface area contributed by atoms with Crippen LogP contribution in [0.15, 0.2) is 36.4 Å². The van der Waals surface area contributed by atoms with E-state index in [-0.39, 0.29) is 5.91 Å². The van der Waals surface area contributed by atoms with Crippen LogP contribution in [0.3, 0.4) is 0 Å². The number of benzene rings is 2. The fourth-order valence-corrected chi connectivity index (χ4v) is 2.75. The number of ether oxygens (including phenoxy) is 3. The van der Waals surface area contributed by atoms with Gasteiger partial charge in [0.15, 0.2) is 11.5 Å². The number of carbonyl (C=O) groups is 1. The Balaban J connectivity index is 2.18. The quantitative estimate of drug-likeness (QED) is 0.720. The number of nitrogens with one attached hydrogen (secondary N) is 1. The van der Waals surface area contributed by atoms with E-state index in [2.05, 4.69) is 27.9 Å². The first-order chi connectivity index (χ1) is 11.1. The first-order valence-corrected chi connectivity index (χ1v) is 8.00. The van der Waals surface area contributed by atoms with Crippen molar-refractivity contribution in [2.75, 3.05) is 21.3 Å². The number of amides is 1. The molecule has 0 spiro atoms. The van der Waals surface area contributed by atoms with E-state index < -0.39 is 0 Å². The van der Waals surface area contributed by atoms with Gasteiger partial charge in [-0.25, -0.2) is 0 Å². The summed E-state index contributed by atoms with van der Waals surface area (Å²) in [6.45, 7) is 0.327. The Morgan fingerprint density at radius 1 is 1.04 bits per heavy atom. The lowest BCUT2D eigenvalue weighted by Crippen LogP contribution is -2.23. The summed E-state index contributed by atoms with van der Waals surface area (Å²) in [6, 6.07) is 11.0. The first-order valence-electron chi connectivity index (χ1n) is 6.92. The molecule has 0 aromatic heterocycles. The molecule has 0 heterocycles. The summed E-state index contributed by atoms with van der Waals surface area (Å²) in [5, 5.41) is 2.89. The minimum Gasteiger partial charge on any atom is -0.493 e. The van der Waals surface area contributed by atoms with E-state index in [9.17, 15) is 4.79 Å². The van der Waals surface area contributed by atoms with Crippen molar-refractivity contribution in [3.8, 4) is 17.2 Å². The molecule has 1 N–H and O–H groups in total. The maximum absolute atomic E-state index is 12.2. The molecule has 0 radical (unpaired) electrons. The Bertz CT molecular complexity index is 703. The normalized spacial score (nSPS) is 10.1. The molecule has 0 saturated heterocycles. The molecule has 2 aromatic rings. The van der Waals surface area contributed by atoms with Gasteiger partial charge in [-0.1, -0.05) is 6.07 Å². The van der Waals surface area contributed by atoms with Crippen molar-refractivity contribution in [3.05, 3.63) is 51.1 Å². The van der Waals surface area contributed by atoms with Gasteiger partial charge in [-0.15, -0.1) is 0 Å². The molecule has 122 valence electrons. The van der Waals surface area contributed by atoms with E-state index >= 15 is 0 Å². The van der Waals surface area contributed by atoms with Gasteiger partial charge in [0.2, 0.25) is 5.75 Å². The largest absolute Gasteiger partial charge is 0.493 e. The molecule has 0 aliphatic carbocycles.